The SMILES string of the molecule is CCOc1nc(N(C)CC(C)O)ccc1N. The minimum atomic E-state index is -0.403. The second-order valence-corrected chi connectivity index (χ2v) is 3.73. The predicted molar refractivity (Wildman–Crippen MR) is 64.8 cm³/mol. The van der Waals surface area contributed by atoms with Gasteiger partial charge in [0.15, 0.2) is 0 Å². The van der Waals surface area contributed by atoms with Gasteiger partial charge >= 0.3 is 0 Å². The number of anilines is 2. The van der Waals surface area contributed by atoms with E-state index < -0.39 is 6.10 Å². The molecule has 0 aromatic carbocycles. The molecule has 1 unspecified atom stereocenters. The smallest absolute Gasteiger partial charge is 0.239 e. The summed E-state index contributed by atoms with van der Waals surface area (Å²) in [5.74, 6) is 1.18. The zero-order valence-electron chi connectivity index (χ0n) is 9.97. The summed E-state index contributed by atoms with van der Waals surface area (Å²) >= 11 is 0. The van der Waals surface area contributed by atoms with E-state index in [4.69, 9.17) is 10.5 Å². The number of rotatable bonds is 5. The van der Waals surface area contributed by atoms with Gasteiger partial charge in [-0.1, -0.05) is 0 Å². The first kappa shape index (κ1) is 12.6. The number of hydrogen-bond acceptors (Lipinski definition) is 5. The first-order valence-corrected chi connectivity index (χ1v) is 5.33. The Morgan fingerprint density at radius 1 is 1.56 bits per heavy atom. The molecule has 0 saturated heterocycles. The molecule has 0 aliphatic carbocycles. The Kier molecular flexibility index (Phi) is 4.37. The average molecular weight is 225 g/mol. The average Bonchev–Trinajstić information content (AvgIpc) is 2.20. The third kappa shape index (κ3) is 3.27. The van der Waals surface area contributed by atoms with Crippen LogP contribution in [0.2, 0.25) is 0 Å². The maximum atomic E-state index is 9.29. The molecule has 3 N–H and O–H groups in total. The van der Waals surface area contributed by atoms with Crippen molar-refractivity contribution in [2.45, 2.75) is 20.0 Å². The number of aromatic nitrogens is 1. The third-order valence-electron chi connectivity index (χ3n) is 2.09. The van der Waals surface area contributed by atoms with Crippen LogP contribution in [-0.2, 0) is 0 Å². The molecule has 0 bridgehead atoms. The van der Waals surface area contributed by atoms with Gasteiger partial charge in [-0.2, -0.15) is 4.98 Å². The van der Waals surface area contributed by atoms with Crippen LogP contribution < -0.4 is 15.4 Å². The molecule has 0 amide bonds. The monoisotopic (exact) mass is 225 g/mol. The number of aliphatic hydroxyl groups excluding tert-OH is 1. The molecule has 16 heavy (non-hydrogen) atoms. The summed E-state index contributed by atoms with van der Waals surface area (Å²) in [4.78, 5) is 6.14. The van der Waals surface area contributed by atoms with Crippen LogP contribution in [0.1, 0.15) is 13.8 Å². The van der Waals surface area contributed by atoms with E-state index in [1.54, 1.807) is 19.1 Å². The Morgan fingerprint density at radius 3 is 2.81 bits per heavy atom. The van der Waals surface area contributed by atoms with E-state index in [-0.39, 0.29) is 0 Å². The quantitative estimate of drug-likeness (QED) is 0.778. The van der Waals surface area contributed by atoms with Crippen LogP contribution in [0, 0.1) is 0 Å². The summed E-state index contributed by atoms with van der Waals surface area (Å²) in [5, 5.41) is 9.29. The summed E-state index contributed by atoms with van der Waals surface area (Å²) in [6, 6.07) is 3.56. The van der Waals surface area contributed by atoms with Gasteiger partial charge in [-0.3, -0.25) is 0 Å². The number of ether oxygens (including phenoxy) is 1. The molecule has 90 valence electrons. The largest absolute Gasteiger partial charge is 0.476 e. The lowest BCUT2D eigenvalue weighted by Crippen LogP contribution is -2.27. The molecule has 5 nitrogen and oxygen atoms in total. The second kappa shape index (κ2) is 5.55. The van der Waals surface area contributed by atoms with Gasteiger partial charge in [0.1, 0.15) is 5.82 Å². The topological polar surface area (TPSA) is 71.6 Å². The van der Waals surface area contributed by atoms with E-state index in [2.05, 4.69) is 4.98 Å². The number of likely N-dealkylation sites (N-methyl/N-ethyl adjacent to an activating group) is 1. The van der Waals surface area contributed by atoms with Gasteiger partial charge in [0.25, 0.3) is 0 Å². The van der Waals surface area contributed by atoms with Crippen molar-refractivity contribution in [1.82, 2.24) is 4.98 Å². The Balaban J connectivity index is 2.84. The highest BCUT2D eigenvalue weighted by Gasteiger charge is 2.09. The highest BCUT2D eigenvalue weighted by Crippen LogP contribution is 2.22. The van der Waals surface area contributed by atoms with E-state index in [0.717, 1.165) is 5.82 Å². The zero-order valence-corrected chi connectivity index (χ0v) is 9.97. The Bertz CT molecular complexity index is 342. The van der Waals surface area contributed by atoms with E-state index in [0.29, 0.717) is 24.7 Å². The number of pyridine rings is 1. The third-order valence-corrected chi connectivity index (χ3v) is 2.09. The fourth-order valence-electron chi connectivity index (χ4n) is 1.40. The molecule has 0 radical (unpaired) electrons. The molecule has 0 aliphatic rings. The van der Waals surface area contributed by atoms with Crippen molar-refractivity contribution in [1.29, 1.82) is 0 Å². The van der Waals surface area contributed by atoms with Gasteiger partial charge in [0.05, 0.1) is 18.4 Å². The van der Waals surface area contributed by atoms with Crippen molar-refractivity contribution in [3.05, 3.63) is 12.1 Å². The molecule has 0 aliphatic heterocycles. The molecule has 1 rings (SSSR count). The summed E-state index contributed by atoms with van der Waals surface area (Å²) in [5.41, 5.74) is 6.25. The molecule has 1 heterocycles. The number of nitrogens with zero attached hydrogens (tertiary/aromatic N) is 2. The van der Waals surface area contributed by atoms with Gasteiger partial charge in [0, 0.05) is 13.6 Å². The summed E-state index contributed by atoms with van der Waals surface area (Å²) in [6.07, 6.45) is -0.403. The van der Waals surface area contributed by atoms with Crippen molar-refractivity contribution in [2.24, 2.45) is 0 Å². The molecular weight excluding hydrogens is 206 g/mol. The first-order valence-electron chi connectivity index (χ1n) is 5.33. The highest BCUT2D eigenvalue weighted by molar-refractivity contribution is 5.54. The lowest BCUT2D eigenvalue weighted by Gasteiger charge is -2.20. The molecule has 0 fully saturated rings. The number of nitrogens with two attached hydrogens (primary N) is 1. The minimum Gasteiger partial charge on any atom is -0.476 e. The van der Waals surface area contributed by atoms with Crippen molar-refractivity contribution >= 4 is 11.5 Å². The summed E-state index contributed by atoms with van der Waals surface area (Å²) in [6.45, 7) is 4.66. The van der Waals surface area contributed by atoms with Crippen LogP contribution in [0.25, 0.3) is 0 Å². The van der Waals surface area contributed by atoms with Crippen molar-refractivity contribution in [3.8, 4) is 5.88 Å². The van der Waals surface area contributed by atoms with Gasteiger partial charge < -0.3 is 20.5 Å². The standard InChI is InChI=1S/C11H19N3O2/c1-4-16-11-9(12)5-6-10(13-11)14(3)7-8(2)15/h5-6,8,15H,4,7,12H2,1-3H3. The van der Waals surface area contributed by atoms with E-state index in [1.165, 1.54) is 0 Å². The maximum absolute atomic E-state index is 9.29. The van der Waals surface area contributed by atoms with Crippen LogP contribution in [0.3, 0.4) is 0 Å². The van der Waals surface area contributed by atoms with Crippen molar-refractivity contribution in [2.75, 3.05) is 30.8 Å². The summed E-state index contributed by atoms with van der Waals surface area (Å²) < 4.78 is 5.31. The summed E-state index contributed by atoms with van der Waals surface area (Å²) in [7, 11) is 1.86. The molecular formula is C11H19N3O2. The number of aliphatic hydroxyl groups is 1. The fourth-order valence-corrected chi connectivity index (χ4v) is 1.40. The second-order valence-electron chi connectivity index (χ2n) is 3.73. The van der Waals surface area contributed by atoms with E-state index in [1.807, 2.05) is 18.9 Å². The minimum absolute atomic E-state index is 0.403. The zero-order chi connectivity index (χ0) is 12.1. The molecule has 1 aromatic heterocycles. The van der Waals surface area contributed by atoms with Gasteiger partial charge in [0.2, 0.25) is 5.88 Å². The van der Waals surface area contributed by atoms with Gasteiger partial charge in [-0.05, 0) is 26.0 Å². The molecule has 1 atom stereocenters. The maximum Gasteiger partial charge on any atom is 0.239 e. The van der Waals surface area contributed by atoms with Crippen LogP contribution in [0.4, 0.5) is 11.5 Å². The lowest BCUT2D eigenvalue weighted by molar-refractivity contribution is 0.201. The van der Waals surface area contributed by atoms with Gasteiger partial charge in [-0.25, -0.2) is 0 Å². The van der Waals surface area contributed by atoms with Crippen molar-refractivity contribution in [3.63, 3.8) is 0 Å². The molecule has 5 heteroatoms. The van der Waals surface area contributed by atoms with Crippen LogP contribution in [-0.4, -0.2) is 36.4 Å². The Morgan fingerprint density at radius 2 is 2.25 bits per heavy atom. The Labute approximate surface area is 95.8 Å². The fraction of sp³-hybridized carbons (Fsp3) is 0.545. The molecule has 0 saturated carbocycles. The number of nitrogen functional groups attached to an aromatic ring is 1. The van der Waals surface area contributed by atoms with Gasteiger partial charge in [-0.15, -0.1) is 0 Å². The normalized spacial score (nSPS) is 12.2. The highest BCUT2D eigenvalue weighted by atomic mass is 16.5. The number of hydrogen-bond donors (Lipinski definition) is 2. The van der Waals surface area contributed by atoms with Crippen LogP contribution >= 0.6 is 0 Å². The lowest BCUT2D eigenvalue weighted by atomic mass is 10.3. The Hall–Kier alpha value is -1.49. The first-order chi connectivity index (χ1) is 7.54. The van der Waals surface area contributed by atoms with Crippen LogP contribution in [0.15, 0.2) is 12.1 Å². The van der Waals surface area contributed by atoms with Crippen LogP contribution in [0.5, 0.6) is 5.88 Å². The van der Waals surface area contributed by atoms with E-state index in [9.17, 15) is 5.11 Å². The molecule has 1 aromatic rings. The van der Waals surface area contributed by atoms with Crippen molar-refractivity contribution < 1.29 is 9.84 Å². The predicted octanol–water partition coefficient (Wildman–Crippen LogP) is 0.880. The van der Waals surface area contributed by atoms with E-state index >= 15 is 0 Å². The molecule has 0 spiro atoms.